The van der Waals surface area contributed by atoms with Crippen molar-refractivity contribution >= 4 is 28.8 Å². The highest BCUT2D eigenvalue weighted by Crippen LogP contribution is 2.37. The van der Waals surface area contributed by atoms with Crippen LogP contribution in [0, 0.1) is 11.8 Å². The van der Waals surface area contributed by atoms with Crippen molar-refractivity contribution in [1.82, 2.24) is 20.2 Å². The molecule has 0 bridgehead atoms. The molecule has 0 unspecified atom stereocenters. The third-order valence-electron chi connectivity index (χ3n) is 5.69. The van der Waals surface area contributed by atoms with Gasteiger partial charge < -0.3 is 10.3 Å². The number of amides is 3. The van der Waals surface area contributed by atoms with Crippen molar-refractivity contribution in [3.63, 3.8) is 0 Å². The number of nitrogens with zero attached hydrogens (tertiary/aromatic N) is 2. The van der Waals surface area contributed by atoms with Gasteiger partial charge in [-0.2, -0.15) is 0 Å². The van der Waals surface area contributed by atoms with Crippen molar-refractivity contribution in [2.24, 2.45) is 11.8 Å². The Kier molecular flexibility index (Phi) is 4.68. The Balaban J connectivity index is 1.34. The first-order chi connectivity index (χ1) is 13.0. The number of carbonyl (C=O) groups is 3. The van der Waals surface area contributed by atoms with E-state index in [1.807, 2.05) is 31.2 Å². The van der Waals surface area contributed by atoms with Gasteiger partial charge in [-0.1, -0.05) is 25.0 Å². The second-order valence-corrected chi connectivity index (χ2v) is 7.50. The molecule has 1 saturated carbocycles. The zero-order valence-electron chi connectivity index (χ0n) is 15.4. The second kappa shape index (κ2) is 7.13. The van der Waals surface area contributed by atoms with Crippen LogP contribution in [-0.2, 0) is 14.4 Å². The van der Waals surface area contributed by atoms with E-state index in [0.29, 0.717) is 5.82 Å². The van der Waals surface area contributed by atoms with E-state index < -0.39 is 0 Å². The highest BCUT2D eigenvalue weighted by molar-refractivity contribution is 6.05. The number of H-pyrrole nitrogens is 1. The predicted octanol–water partition coefficient (Wildman–Crippen LogP) is 2.31. The SMILES string of the molecule is C[C@H](NC(=O)CCN1C(=O)[C@H]2CCCC[C@@H]2C1=O)c1nc2ccccc2[nH]1. The van der Waals surface area contributed by atoms with E-state index >= 15 is 0 Å². The number of benzene rings is 1. The van der Waals surface area contributed by atoms with Crippen LogP contribution in [0.2, 0.25) is 0 Å². The third-order valence-corrected chi connectivity index (χ3v) is 5.69. The van der Waals surface area contributed by atoms with Crippen LogP contribution in [0.5, 0.6) is 0 Å². The first kappa shape index (κ1) is 17.7. The summed E-state index contributed by atoms with van der Waals surface area (Å²) in [5.74, 6) is -0.0273. The van der Waals surface area contributed by atoms with E-state index in [2.05, 4.69) is 15.3 Å². The predicted molar refractivity (Wildman–Crippen MR) is 99.4 cm³/mol. The van der Waals surface area contributed by atoms with Crippen LogP contribution in [0.3, 0.4) is 0 Å². The molecule has 2 N–H and O–H groups in total. The average Bonchev–Trinajstić information content (AvgIpc) is 3.21. The van der Waals surface area contributed by atoms with Crippen LogP contribution in [0.25, 0.3) is 11.0 Å². The fourth-order valence-electron chi connectivity index (χ4n) is 4.22. The van der Waals surface area contributed by atoms with Gasteiger partial charge in [0.05, 0.1) is 28.9 Å². The van der Waals surface area contributed by atoms with Gasteiger partial charge in [-0.15, -0.1) is 0 Å². The van der Waals surface area contributed by atoms with Gasteiger partial charge in [-0.3, -0.25) is 19.3 Å². The van der Waals surface area contributed by atoms with Crippen LogP contribution in [0.15, 0.2) is 24.3 Å². The summed E-state index contributed by atoms with van der Waals surface area (Å²) >= 11 is 0. The summed E-state index contributed by atoms with van der Waals surface area (Å²) in [6.45, 7) is 2.01. The lowest BCUT2D eigenvalue weighted by Crippen LogP contribution is -2.36. The second-order valence-electron chi connectivity index (χ2n) is 7.50. The molecule has 2 heterocycles. The molecule has 3 amide bonds. The molecule has 27 heavy (non-hydrogen) atoms. The highest BCUT2D eigenvalue weighted by Gasteiger charge is 2.47. The molecule has 1 aliphatic carbocycles. The minimum Gasteiger partial charge on any atom is -0.346 e. The largest absolute Gasteiger partial charge is 0.346 e. The number of aromatic amines is 1. The molecule has 1 saturated heterocycles. The Hall–Kier alpha value is -2.70. The molecule has 1 aromatic heterocycles. The minimum absolute atomic E-state index is 0.0946. The van der Waals surface area contributed by atoms with Crippen molar-refractivity contribution < 1.29 is 14.4 Å². The molecule has 142 valence electrons. The number of imide groups is 1. The first-order valence-electron chi connectivity index (χ1n) is 9.64. The summed E-state index contributed by atoms with van der Waals surface area (Å²) in [6, 6.07) is 7.41. The van der Waals surface area contributed by atoms with Crippen molar-refractivity contribution in [3.8, 4) is 0 Å². The molecule has 0 spiro atoms. The van der Waals surface area contributed by atoms with Crippen LogP contribution >= 0.6 is 0 Å². The zero-order valence-corrected chi connectivity index (χ0v) is 15.4. The molecule has 7 heteroatoms. The molecule has 0 radical (unpaired) electrons. The smallest absolute Gasteiger partial charge is 0.233 e. The van der Waals surface area contributed by atoms with E-state index in [9.17, 15) is 14.4 Å². The summed E-state index contributed by atoms with van der Waals surface area (Å²) in [6.07, 6.45) is 3.70. The third kappa shape index (κ3) is 3.34. The fraction of sp³-hybridized carbons (Fsp3) is 0.500. The quantitative estimate of drug-likeness (QED) is 0.792. The lowest BCUT2D eigenvalue weighted by Gasteiger charge is -2.19. The number of para-hydroxylation sites is 2. The van der Waals surface area contributed by atoms with Gasteiger partial charge in [0.2, 0.25) is 17.7 Å². The molecular weight excluding hydrogens is 344 g/mol. The van der Waals surface area contributed by atoms with Crippen molar-refractivity contribution in [3.05, 3.63) is 30.1 Å². The topological polar surface area (TPSA) is 95.2 Å². The van der Waals surface area contributed by atoms with Gasteiger partial charge in [0.15, 0.2) is 0 Å². The molecule has 1 aliphatic heterocycles. The molecule has 2 aliphatic rings. The zero-order chi connectivity index (χ0) is 19.0. The van der Waals surface area contributed by atoms with Gasteiger partial charge in [-0.25, -0.2) is 4.98 Å². The van der Waals surface area contributed by atoms with Gasteiger partial charge in [0.25, 0.3) is 0 Å². The van der Waals surface area contributed by atoms with E-state index in [4.69, 9.17) is 0 Å². The number of fused-ring (bicyclic) bond motifs is 2. The fourth-order valence-corrected chi connectivity index (χ4v) is 4.22. The Morgan fingerprint density at radius 2 is 1.89 bits per heavy atom. The maximum atomic E-state index is 12.5. The number of likely N-dealkylation sites (tertiary alicyclic amines) is 1. The molecule has 3 atom stereocenters. The van der Waals surface area contributed by atoms with Crippen molar-refractivity contribution in [1.29, 1.82) is 0 Å². The number of carbonyl (C=O) groups excluding carboxylic acids is 3. The van der Waals surface area contributed by atoms with E-state index in [0.717, 1.165) is 36.7 Å². The van der Waals surface area contributed by atoms with E-state index in [-0.39, 0.29) is 48.6 Å². The number of aromatic nitrogens is 2. The molecule has 4 rings (SSSR count). The number of hydrogen-bond donors (Lipinski definition) is 2. The minimum atomic E-state index is -0.280. The van der Waals surface area contributed by atoms with Crippen molar-refractivity contribution in [2.45, 2.75) is 45.1 Å². The Morgan fingerprint density at radius 1 is 1.22 bits per heavy atom. The normalized spacial score (nSPS) is 23.5. The first-order valence-corrected chi connectivity index (χ1v) is 9.64. The van der Waals surface area contributed by atoms with Gasteiger partial charge in [-0.05, 0) is 31.9 Å². The lowest BCUT2D eigenvalue weighted by molar-refractivity contribution is -0.140. The monoisotopic (exact) mass is 368 g/mol. The molecular formula is C20H24N4O3. The maximum absolute atomic E-state index is 12.5. The van der Waals surface area contributed by atoms with Crippen molar-refractivity contribution in [2.75, 3.05) is 6.54 Å². The van der Waals surface area contributed by atoms with Crippen LogP contribution < -0.4 is 5.32 Å². The number of nitrogens with one attached hydrogen (secondary N) is 2. The Morgan fingerprint density at radius 3 is 2.56 bits per heavy atom. The number of hydrogen-bond acceptors (Lipinski definition) is 4. The van der Waals surface area contributed by atoms with Crippen LogP contribution in [0.4, 0.5) is 0 Å². The summed E-state index contributed by atoms with van der Waals surface area (Å²) in [5, 5.41) is 2.89. The highest BCUT2D eigenvalue weighted by atomic mass is 16.2. The van der Waals surface area contributed by atoms with Gasteiger partial charge >= 0.3 is 0 Å². The molecule has 2 aromatic rings. The van der Waals surface area contributed by atoms with Crippen LogP contribution in [0.1, 0.15) is 50.9 Å². The standard InChI is InChI=1S/C20H24N4O3/c1-12(18-22-15-8-4-5-9-16(15)23-18)21-17(25)10-11-24-19(26)13-6-2-3-7-14(13)20(24)27/h4-5,8-9,12-14H,2-3,6-7,10-11H2,1H3,(H,21,25)(H,22,23)/t12-,13-,14-/m0/s1. The molecule has 2 fully saturated rings. The summed E-state index contributed by atoms with van der Waals surface area (Å²) in [4.78, 5) is 46.2. The number of imidazole rings is 1. The molecule has 7 nitrogen and oxygen atoms in total. The lowest BCUT2D eigenvalue weighted by atomic mass is 9.81. The maximum Gasteiger partial charge on any atom is 0.233 e. The van der Waals surface area contributed by atoms with E-state index in [1.165, 1.54) is 4.90 Å². The average molecular weight is 368 g/mol. The summed E-state index contributed by atoms with van der Waals surface area (Å²) in [5.41, 5.74) is 1.77. The Labute approximate surface area is 157 Å². The number of rotatable bonds is 5. The van der Waals surface area contributed by atoms with Gasteiger partial charge in [0, 0.05) is 13.0 Å². The van der Waals surface area contributed by atoms with Gasteiger partial charge in [0.1, 0.15) is 5.82 Å². The summed E-state index contributed by atoms with van der Waals surface area (Å²) in [7, 11) is 0. The summed E-state index contributed by atoms with van der Waals surface area (Å²) < 4.78 is 0. The van der Waals surface area contributed by atoms with Crippen LogP contribution in [-0.4, -0.2) is 39.1 Å². The van der Waals surface area contributed by atoms with E-state index in [1.54, 1.807) is 0 Å². The molecule has 1 aromatic carbocycles. The Bertz CT molecular complexity index is 833.